The highest BCUT2D eigenvalue weighted by atomic mass is 32.2. The molecule has 0 aliphatic heterocycles. The van der Waals surface area contributed by atoms with Crippen molar-refractivity contribution in [2.75, 3.05) is 5.32 Å². The number of hydrogen-bond acceptors (Lipinski definition) is 6. The molecule has 7 nitrogen and oxygen atoms in total. The highest BCUT2D eigenvalue weighted by molar-refractivity contribution is 8.00. The Morgan fingerprint density at radius 3 is 2.48 bits per heavy atom. The number of aromatic amines is 1. The van der Waals surface area contributed by atoms with Crippen molar-refractivity contribution in [3.8, 4) is 5.75 Å². The van der Waals surface area contributed by atoms with Crippen molar-refractivity contribution >= 4 is 29.1 Å². The maximum atomic E-state index is 12.7. The predicted molar refractivity (Wildman–Crippen MR) is 121 cm³/mol. The molecule has 0 saturated carbocycles. The van der Waals surface area contributed by atoms with Crippen LogP contribution in [-0.2, 0) is 11.4 Å². The molecular formula is C23H23N3O4S. The molecule has 1 unspecified atom stereocenters. The minimum absolute atomic E-state index is 0.0361. The maximum Gasteiger partial charge on any atom is 0.251 e. The maximum absolute atomic E-state index is 12.7. The molecular weight excluding hydrogens is 414 g/mol. The lowest BCUT2D eigenvalue weighted by atomic mass is 10.1. The van der Waals surface area contributed by atoms with Crippen molar-refractivity contribution in [1.82, 2.24) is 9.97 Å². The Labute approximate surface area is 184 Å². The van der Waals surface area contributed by atoms with Crippen LogP contribution in [0.2, 0.25) is 0 Å². The average Bonchev–Trinajstić information content (AvgIpc) is 2.76. The number of aromatic nitrogens is 2. The van der Waals surface area contributed by atoms with E-state index in [2.05, 4.69) is 15.3 Å². The number of H-pyrrole nitrogens is 1. The van der Waals surface area contributed by atoms with E-state index in [1.165, 1.54) is 24.8 Å². The van der Waals surface area contributed by atoms with Gasteiger partial charge in [-0.2, -0.15) is 0 Å². The number of hydrogen-bond donors (Lipinski definition) is 2. The second-order valence-corrected chi connectivity index (χ2v) is 7.97. The first-order valence-corrected chi connectivity index (χ1v) is 10.7. The van der Waals surface area contributed by atoms with E-state index in [-0.39, 0.29) is 23.9 Å². The summed E-state index contributed by atoms with van der Waals surface area (Å²) < 4.78 is 5.66. The zero-order valence-corrected chi connectivity index (χ0v) is 18.1. The molecule has 0 spiro atoms. The molecule has 8 heteroatoms. The van der Waals surface area contributed by atoms with E-state index in [4.69, 9.17) is 4.74 Å². The number of nitrogens with zero attached hydrogens (tertiary/aromatic N) is 1. The van der Waals surface area contributed by atoms with Gasteiger partial charge < -0.3 is 15.0 Å². The van der Waals surface area contributed by atoms with Crippen molar-refractivity contribution in [1.29, 1.82) is 0 Å². The van der Waals surface area contributed by atoms with Crippen LogP contribution in [-0.4, -0.2) is 26.9 Å². The number of para-hydroxylation sites is 1. The summed E-state index contributed by atoms with van der Waals surface area (Å²) in [5.41, 5.74) is 1.35. The molecule has 1 amide bonds. The topological polar surface area (TPSA) is 101 Å². The largest absolute Gasteiger partial charge is 0.487 e. The van der Waals surface area contributed by atoms with E-state index >= 15 is 0 Å². The highest BCUT2D eigenvalue weighted by Crippen LogP contribution is 2.23. The molecule has 0 saturated heterocycles. The minimum atomic E-state index is -0.457. The smallest absolute Gasteiger partial charge is 0.251 e. The summed E-state index contributed by atoms with van der Waals surface area (Å²) in [6.07, 6.45) is 0.538. The zero-order valence-electron chi connectivity index (χ0n) is 17.3. The van der Waals surface area contributed by atoms with Gasteiger partial charge in [-0.05, 0) is 49.7 Å². The second-order valence-electron chi connectivity index (χ2n) is 6.78. The molecule has 0 radical (unpaired) electrons. The van der Waals surface area contributed by atoms with Crippen molar-refractivity contribution in [3.63, 3.8) is 0 Å². The van der Waals surface area contributed by atoms with Crippen LogP contribution in [0, 0.1) is 0 Å². The number of ether oxygens (including phenoxy) is 1. The molecule has 1 aromatic heterocycles. The van der Waals surface area contributed by atoms with E-state index in [0.29, 0.717) is 34.3 Å². The third kappa shape index (κ3) is 6.55. The summed E-state index contributed by atoms with van der Waals surface area (Å²) >= 11 is 1.19. The lowest BCUT2D eigenvalue weighted by Crippen LogP contribution is -2.25. The van der Waals surface area contributed by atoms with Gasteiger partial charge in [-0.15, -0.1) is 0 Å². The van der Waals surface area contributed by atoms with Crippen LogP contribution in [0.3, 0.4) is 0 Å². The fourth-order valence-corrected chi connectivity index (χ4v) is 3.69. The molecule has 1 heterocycles. The molecule has 31 heavy (non-hydrogen) atoms. The van der Waals surface area contributed by atoms with Gasteiger partial charge in [-0.1, -0.05) is 36.9 Å². The average molecular weight is 438 g/mol. The van der Waals surface area contributed by atoms with E-state index in [9.17, 15) is 14.4 Å². The van der Waals surface area contributed by atoms with Crippen molar-refractivity contribution in [2.24, 2.45) is 0 Å². The van der Waals surface area contributed by atoms with Gasteiger partial charge >= 0.3 is 0 Å². The Kier molecular flexibility index (Phi) is 7.61. The summed E-state index contributed by atoms with van der Waals surface area (Å²) in [5.74, 6) is 0.433. The number of benzene rings is 2. The number of carbonyl (C=O) groups is 2. The number of ketones is 1. The van der Waals surface area contributed by atoms with Crippen molar-refractivity contribution in [3.05, 3.63) is 82.3 Å². The summed E-state index contributed by atoms with van der Waals surface area (Å²) in [6, 6.07) is 17.3. The monoisotopic (exact) mass is 437 g/mol. The molecule has 2 aromatic carbocycles. The molecule has 0 aliphatic rings. The first-order valence-electron chi connectivity index (χ1n) is 9.81. The molecule has 3 aromatic rings. The summed E-state index contributed by atoms with van der Waals surface area (Å²) in [7, 11) is 0. The lowest BCUT2D eigenvalue weighted by Gasteiger charge is -2.14. The Morgan fingerprint density at radius 2 is 1.84 bits per heavy atom. The van der Waals surface area contributed by atoms with Gasteiger partial charge in [0, 0.05) is 17.3 Å². The van der Waals surface area contributed by atoms with Gasteiger partial charge in [-0.3, -0.25) is 14.4 Å². The third-order valence-electron chi connectivity index (χ3n) is 4.38. The highest BCUT2D eigenvalue weighted by Gasteiger charge is 2.20. The van der Waals surface area contributed by atoms with Crippen molar-refractivity contribution < 1.29 is 14.3 Å². The number of Topliss-reactive ketones (excluding diaryl/α,β-unsaturated/α-hetero) is 1. The first-order chi connectivity index (χ1) is 14.9. The predicted octanol–water partition coefficient (Wildman–Crippen LogP) is 4.06. The van der Waals surface area contributed by atoms with E-state index in [1.54, 1.807) is 24.3 Å². The van der Waals surface area contributed by atoms with Crippen LogP contribution in [0.4, 0.5) is 5.69 Å². The van der Waals surface area contributed by atoms with Crippen LogP contribution < -0.4 is 15.6 Å². The fraction of sp³-hybridized carbons (Fsp3) is 0.217. The van der Waals surface area contributed by atoms with Gasteiger partial charge in [0.05, 0.1) is 10.9 Å². The van der Waals surface area contributed by atoms with Gasteiger partial charge in [0.1, 0.15) is 12.4 Å². The molecule has 0 fully saturated rings. The standard InChI is InChI=1S/C23H23N3O4S/c1-3-20(22(29)24-17-11-9-16(10-12-17)15(2)27)31-23-25-18(13-21(28)26-23)14-30-19-7-5-4-6-8-19/h4-13,20H,3,14H2,1-2H3,(H,24,29)(H,25,26,28). The Balaban J connectivity index is 1.66. The van der Waals surface area contributed by atoms with Crippen LogP contribution in [0.25, 0.3) is 0 Å². The zero-order chi connectivity index (χ0) is 22.2. The van der Waals surface area contributed by atoms with Gasteiger partial charge in [0.15, 0.2) is 10.9 Å². The number of nitrogens with one attached hydrogen (secondary N) is 2. The first kappa shape index (κ1) is 22.3. The molecule has 0 bridgehead atoms. The normalized spacial score (nSPS) is 11.5. The second kappa shape index (κ2) is 10.6. The SMILES string of the molecule is CCC(Sc1nc(COc2ccccc2)cc(=O)[nH]1)C(=O)Nc1ccc(C(C)=O)cc1. The molecule has 3 rings (SSSR count). The van der Waals surface area contributed by atoms with E-state index in [1.807, 2.05) is 37.3 Å². The van der Waals surface area contributed by atoms with Crippen molar-refractivity contribution in [2.45, 2.75) is 37.3 Å². The number of thioether (sulfide) groups is 1. The number of carbonyl (C=O) groups excluding carboxylic acids is 2. The molecule has 160 valence electrons. The number of rotatable bonds is 9. The fourth-order valence-electron chi connectivity index (χ4n) is 2.76. The van der Waals surface area contributed by atoms with Crippen LogP contribution in [0.5, 0.6) is 5.75 Å². The Hall–Kier alpha value is -3.39. The van der Waals surface area contributed by atoms with Gasteiger partial charge in [0.25, 0.3) is 5.56 Å². The minimum Gasteiger partial charge on any atom is -0.487 e. The molecule has 2 N–H and O–H groups in total. The third-order valence-corrected chi connectivity index (χ3v) is 5.63. The molecule has 0 aliphatic carbocycles. The Bertz CT molecular complexity index is 1100. The van der Waals surface area contributed by atoms with Crippen LogP contribution in [0.1, 0.15) is 36.3 Å². The summed E-state index contributed by atoms with van der Waals surface area (Å²) in [5, 5.41) is 2.74. The number of amides is 1. The summed E-state index contributed by atoms with van der Waals surface area (Å²) in [6.45, 7) is 3.52. The Morgan fingerprint density at radius 1 is 1.13 bits per heavy atom. The van der Waals surface area contributed by atoms with Crippen LogP contribution >= 0.6 is 11.8 Å². The van der Waals surface area contributed by atoms with Gasteiger partial charge in [-0.25, -0.2) is 4.98 Å². The quantitative estimate of drug-likeness (QED) is 0.297. The van der Waals surface area contributed by atoms with E-state index in [0.717, 1.165) is 0 Å². The summed E-state index contributed by atoms with van der Waals surface area (Å²) in [4.78, 5) is 43.2. The lowest BCUT2D eigenvalue weighted by molar-refractivity contribution is -0.115. The molecule has 1 atom stereocenters. The van der Waals surface area contributed by atoms with Gasteiger partial charge in [0.2, 0.25) is 5.91 Å². The van der Waals surface area contributed by atoms with E-state index < -0.39 is 5.25 Å². The number of anilines is 1. The van der Waals surface area contributed by atoms with Crippen LogP contribution in [0.15, 0.2) is 70.6 Å².